The van der Waals surface area contributed by atoms with Crippen LogP contribution in [-0.4, -0.2) is 0 Å². The second kappa shape index (κ2) is 17.7. The van der Waals surface area contributed by atoms with Crippen LogP contribution in [0.5, 0.6) is 0 Å². The Bertz CT molecular complexity index is 596. The molecule has 31 heavy (non-hydrogen) atoms. The molecule has 0 aliphatic carbocycles. The third kappa shape index (κ3) is 12.7. The summed E-state index contributed by atoms with van der Waals surface area (Å²) in [4.78, 5) is 0. The second-order valence-electron chi connectivity index (χ2n) is 9.09. The minimum atomic E-state index is -0.0486. The van der Waals surface area contributed by atoms with E-state index < -0.39 is 0 Å². The average molecular weight is 534 g/mol. The molecule has 0 atom stereocenters. The van der Waals surface area contributed by atoms with Crippen LogP contribution in [-0.2, 0) is 12.8 Å². The summed E-state index contributed by atoms with van der Waals surface area (Å²) in [5.41, 5.74) is 3.04. The SMILES string of the molecule is CCCCCCCCCc1ccc([I+]c2ccc(CCCCCCCCC)cc2)cc1. The molecule has 2 aromatic carbocycles. The van der Waals surface area contributed by atoms with Gasteiger partial charge in [-0.15, -0.1) is 0 Å². The van der Waals surface area contributed by atoms with Crippen LogP contribution in [0.1, 0.15) is 115 Å². The van der Waals surface area contributed by atoms with E-state index >= 15 is 0 Å². The van der Waals surface area contributed by atoms with Gasteiger partial charge in [0.1, 0.15) is 0 Å². The van der Waals surface area contributed by atoms with Crippen LogP contribution < -0.4 is 21.2 Å². The zero-order chi connectivity index (χ0) is 22.0. The van der Waals surface area contributed by atoms with Crippen molar-refractivity contribution in [3.63, 3.8) is 0 Å². The molecule has 0 saturated heterocycles. The first-order valence-corrected chi connectivity index (χ1v) is 15.3. The Morgan fingerprint density at radius 2 is 0.742 bits per heavy atom. The average Bonchev–Trinajstić information content (AvgIpc) is 2.80. The maximum absolute atomic E-state index is 2.39. The van der Waals surface area contributed by atoms with E-state index in [1.165, 1.54) is 114 Å². The molecule has 0 nitrogen and oxygen atoms in total. The van der Waals surface area contributed by atoms with E-state index in [1.54, 1.807) is 7.14 Å². The molecule has 0 heterocycles. The summed E-state index contributed by atoms with van der Waals surface area (Å²) in [7, 11) is 0. The number of unbranched alkanes of at least 4 members (excludes halogenated alkanes) is 12. The normalized spacial score (nSPS) is 11.2. The first-order chi connectivity index (χ1) is 15.3. The second-order valence-corrected chi connectivity index (χ2v) is 12.1. The fraction of sp³-hybridized carbons (Fsp3) is 0.600. The van der Waals surface area contributed by atoms with Crippen molar-refractivity contribution in [1.29, 1.82) is 0 Å². The molecule has 0 amide bonds. The lowest BCUT2D eigenvalue weighted by Gasteiger charge is -2.02. The van der Waals surface area contributed by atoms with E-state index in [0.717, 1.165) is 0 Å². The number of aryl methyl sites for hydroxylation is 2. The van der Waals surface area contributed by atoms with Crippen LogP contribution in [0.15, 0.2) is 48.5 Å². The third-order valence-corrected chi connectivity index (χ3v) is 8.87. The van der Waals surface area contributed by atoms with Crippen molar-refractivity contribution in [2.75, 3.05) is 0 Å². The first kappa shape index (κ1) is 26.4. The quantitative estimate of drug-likeness (QED) is 0.154. The monoisotopic (exact) mass is 533 g/mol. The van der Waals surface area contributed by atoms with Gasteiger partial charge in [-0.05, 0) is 61.1 Å². The van der Waals surface area contributed by atoms with Crippen molar-refractivity contribution in [2.45, 2.75) is 117 Å². The highest BCUT2D eigenvalue weighted by molar-refractivity contribution is 5.16. The van der Waals surface area contributed by atoms with Gasteiger partial charge in [0.25, 0.3) is 0 Å². The molecule has 0 aromatic heterocycles. The first-order valence-electron chi connectivity index (χ1n) is 13.1. The van der Waals surface area contributed by atoms with Crippen LogP contribution in [0.2, 0.25) is 0 Å². The summed E-state index contributed by atoms with van der Waals surface area (Å²) in [6.45, 7) is 4.58. The Kier molecular flexibility index (Phi) is 15.1. The predicted molar refractivity (Wildman–Crippen MR) is 134 cm³/mol. The van der Waals surface area contributed by atoms with Crippen LogP contribution in [0.25, 0.3) is 0 Å². The standard InChI is InChI=1S/C30H46I/c1-3-5-7-9-11-13-15-17-27-19-23-29(24-20-27)31-30-25-21-28(22-26-30)18-16-14-12-10-8-6-4-2/h19-26H,3-18H2,1-2H3/q+1. The molecule has 0 aliphatic rings. The van der Waals surface area contributed by atoms with Gasteiger partial charge in [-0.25, -0.2) is 0 Å². The molecule has 0 unspecified atom stereocenters. The van der Waals surface area contributed by atoms with Gasteiger partial charge in [0.05, 0.1) is 0 Å². The summed E-state index contributed by atoms with van der Waals surface area (Å²) in [6, 6.07) is 19.0. The van der Waals surface area contributed by atoms with Crippen molar-refractivity contribution in [1.82, 2.24) is 0 Å². The Hall–Kier alpha value is -0.830. The Labute approximate surface area is 203 Å². The van der Waals surface area contributed by atoms with Gasteiger partial charge >= 0.3 is 21.2 Å². The molecule has 2 aromatic rings. The third-order valence-electron chi connectivity index (χ3n) is 6.18. The molecule has 0 saturated carbocycles. The summed E-state index contributed by atoms with van der Waals surface area (Å²) < 4.78 is 3.09. The van der Waals surface area contributed by atoms with Crippen LogP contribution >= 0.6 is 0 Å². The van der Waals surface area contributed by atoms with Crippen molar-refractivity contribution in [3.8, 4) is 0 Å². The van der Waals surface area contributed by atoms with E-state index in [0.29, 0.717) is 0 Å². The van der Waals surface area contributed by atoms with Crippen molar-refractivity contribution >= 4 is 0 Å². The molecule has 0 spiro atoms. The van der Waals surface area contributed by atoms with E-state index in [1.807, 2.05) is 0 Å². The molecule has 0 radical (unpaired) electrons. The van der Waals surface area contributed by atoms with Gasteiger partial charge in [-0.3, -0.25) is 0 Å². The van der Waals surface area contributed by atoms with Gasteiger partial charge in [-0.2, -0.15) is 0 Å². The fourth-order valence-electron chi connectivity index (χ4n) is 4.13. The van der Waals surface area contributed by atoms with Gasteiger partial charge < -0.3 is 0 Å². The molecule has 2 rings (SSSR count). The van der Waals surface area contributed by atoms with Crippen LogP contribution in [0, 0.1) is 7.14 Å². The lowest BCUT2D eigenvalue weighted by Crippen LogP contribution is -3.61. The molecule has 0 N–H and O–H groups in total. The molecule has 0 fully saturated rings. The summed E-state index contributed by atoms with van der Waals surface area (Å²) >= 11 is -0.0486. The molecule has 1 heteroatoms. The number of rotatable bonds is 18. The van der Waals surface area contributed by atoms with Gasteiger partial charge in [-0.1, -0.05) is 115 Å². The fourth-order valence-corrected chi connectivity index (χ4v) is 6.28. The van der Waals surface area contributed by atoms with Gasteiger partial charge in [0.15, 0.2) is 7.14 Å². The maximum atomic E-state index is 2.39. The lowest BCUT2D eigenvalue weighted by molar-refractivity contribution is -0.597. The van der Waals surface area contributed by atoms with Crippen molar-refractivity contribution in [2.24, 2.45) is 0 Å². The Morgan fingerprint density at radius 3 is 1.10 bits per heavy atom. The number of hydrogen-bond donors (Lipinski definition) is 0. The maximum Gasteiger partial charge on any atom is 0.357 e. The minimum Gasteiger partial charge on any atom is -0.0654 e. The summed E-state index contributed by atoms with van der Waals surface area (Å²) in [5, 5.41) is 0. The highest BCUT2D eigenvalue weighted by atomic mass is 127. The van der Waals surface area contributed by atoms with Crippen molar-refractivity contribution < 1.29 is 21.2 Å². The summed E-state index contributed by atoms with van der Waals surface area (Å²) in [5.74, 6) is 0. The minimum absolute atomic E-state index is 0.0486. The highest BCUT2D eigenvalue weighted by Crippen LogP contribution is 2.11. The van der Waals surface area contributed by atoms with E-state index in [-0.39, 0.29) is 21.2 Å². The topological polar surface area (TPSA) is 0 Å². The number of hydrogen-bond acceptors (Lipinski definition) is 0. The Balaban J connectivity index is 1.61. The molecule has 0 bridgehead atoms. The lowest BCUT2D eigenvalue weighted by atomic mass is 10.0. The Morgan fingerprint density at radius 1 is 0.419 bits per heavy atom. The van der Waals surface area contributed by atoms with Crippen molar-refractivity contribution in [3.05, 3.63) is 66.8 Å². The number of halogens is 1. The zero-order valence-electron chi connectivity index (χ0n) is 20.3. The molecule has 172 valence electrons. The largest absolute Gasteiger partial charge is 0.357 e. The highest BCUT2D eigenvalue weighted by Gasteiger charge is 2.15. The van der Waals surface area contributed by atoms with Gasteiger partial charge in [0, 0.05) is 0 Å². The predicted octanol–water partition coefficient (Wildman–Crippen LogP) is 6.40. The zero-order valence-corrected chi connectivity index (χ0v) is 22.5. The van der Waals surface area contributed by atoms with Crippen LogP contribution in [0.4, 0.5) is 0 Å². The molecular formula is C30H46I+. The molecule has 0 aliphatic heterocycles. The number of benzene rings is 2. The van der Waals surface area contributed by atoms with E-state index in [9.17, 15) is 0 Å². The smallest absolute Gasteiger partial charge is 0.0654 e. The molecular weight excluding hydrogens is 487 g/mol. The summed E-state index contributed by atoms with van der Waals surface area (Å²) in [6.07, 6.45) is 22.0. The van der Waals surface area contributed by atoms with Gasteiger partial charge in [0.2, 0.25) is 0 Å². The van der Waals surface area contributed by atoms with E-state index in [4.69, 9.17) is 0 Å². The van der Waals surface area contributed by atoms with Crippen LogP contribution in [0.3, 0.4) is 0 Å². The van der Waals surface area contributed by atoms with E-state index in [2.05, 4.69) is 62.4 Å².